The van der Waals surface area contributed by atoms with Crippen molar-refractivity contribution in [1.29, 1.82) is 5.26 Å². The number of piperidine rings is 1. The zero-order valence-corrected chi connectivity index (χ0v) is 22.3. The number of piperazine rings is 1. The van der Waals surface area contributed by atoms with Crippen LogP contribution in [0.1, 0.15) is 51.5 Å². The average molecular weight is 518 g/mol. The molecule has 4 heterocycles. The van der Waals surface area contributed by atoms with Crippen LogP contribution in [0.4, 0.5) is 10.7 Å². The zero-order chi connectivity index (χ0) is 25.7. The fraction of sp³-hybridized carbons (Fsp3) is 0.760. The Morgan fingerprint density at radius 2 is 1.78 bits per heavy atom. The molecule has 3 saturated heterocycles. The fourth-order valence-electron chi connectivity index (χ4n) is 5.99. The maximum atomic E-state index is 13.0. The largest absolute Gasteiger partial charge is 0.338 e. The van der Waals surface area contributed by atoms with Crippen molar-refractivity contribution in [2.75, 3.05) is 55.7 Å². The van der Waals surface area contributed by atoms with Crippen molar-refractivity contribution >= 4 is 21.8 Å². The van der Waals surface area contributed by atoms with Crippen LogP contribution in [0.2, 0.25) is 0 Å². The highest BCUT2D eigenvalue weighted by Crippen LogP contribution is 2.25. The number of rotatable bonds is 6. The second-order valence-corrected chi connectivity index (χ2v) is 13.0. The molecular weight excluding hydrogens is 478 g/mol. The van der Waals surface area contributed by atoms with Crippen molar-refractivity contribution in [1.82, 2.24) is 25.1 Å². The Kier molecular flexibility index (Phi) is 8.67. The Hall–Kier alpha value is -2.45. The molecule has 3 fully saturated rings. The monoisotopic (exact) mass is 517 g/mol. The van der Waals surface area contributed by atoms with E-state index in [0.717, 1.165) is 51.7 Å². The van der Waals surface area contributed by atoms with Crippen molar-refractivity contribution in [3.63, 3.8) is 0 Å². The number of nitrogens with zero attached hydrogens (tertiary/aromatic N) is 6. The van der Waals surface area contributed by atoms with E-state index in [1.165, 1.54) is 12.4 Å². The molecule has 1 N–H and O–H groups in total. The first-order valence-corrected chi connectivity index (χ1v) is 15.0. The summed E-state index contributed by atoms with van der Waals surface area (Å²) in [5.41, 5.74) is 0.434. The molecule has 198 valence electrons. The third-order valence-electron chi connectivity index (χ3n) is 7.81. The van der Waals surface area contributed by atoms with Gasteiger partial charge in [-0.3, -0.25) is 0 Å². The Labute approximate surface area is 215 Å². The summed E-state index contributed by atoms with van der Waals surface area (Å²) in [6, 6.07) is 2.04. The van der Waals surface area contributed by atoms with Gasteiger partial charge in [0.25, 0.3) is 0 Å². The number of sulfone groups is 1. The van der Waals surface area contributed by atoms with Crippen molar-refractivity contribution < 1.29 is 13.2 Å². The quantitative estimate of drug-likeness (QED) is 0.607. The SMILES string of the molecule is C[C@@H]1CN(c2ncc(C#N)cn2)C[C@H](C)N1C(=O)NCCC1CCN(CC2CCCS(=O)(=O)C2)CC1. The van der Waals surface area contributed by atoms with Crippen molar-refractivity contribution in [2.45, 2.75) is 58.0 Å². The van der Waals surface area contributed by atoms with Crippen LogP contribution in [-0.2, 0) is 9.84 Å². The highest BCUT2D eigenvalue weighted by molar-refractivity contribution is 7.91. The predicted molar refractivity (Wildman–Crippen MR) is 138 cm³/mol. The summed E-state index contributed by atoms with van der Waals surface area (Å²) >= 11 is 0. The first-order valence-electron chi connectivity index (χ1n) is 13.2. The Morgan fingerprint density at radius 1 is 1.11 bits per heavy atom. The summed E-state index contributed by atoms with van der Waals surface area (Å²) in [5.74, 6) is 2.18. The molecule has 0 saturated carbocycles. The van der Waals surface area contributed by atoms with Gasteiger partial charge in [-0.2, -0.15) is 5.26 Å². The van der Waals surface area contributed by atoms with Crippen LogP contribution < -0.4 is 10.2 Å². The maximum absolute atomic E-state index is 13.0. The molecule has 3 aliphatic rings. The molecule has 10 nitrogen and oxygen atoms in total. The van der Waals surface area contributed by atoms with Gasteiger partial charge in [0, 0.05) is 38.3 Å². The molecule has 0 radical (unpaired) electrons. The number of urea groups is 1. The molecular formula is C25H39N7O3S. The van der Waals surface area contributed by atoms with Gasteiger partial charge in [0.15, 0.2) is 9.84 Å². The standard InChI is InChI=1S/C25H39N7O3S/c1-19-15-31(24-28-13-23(12-26)14-29-24)16-20(2)32(19)25(33)27-8-5-21-6-9-30(10-7-21)17-22-4-3-11-36(34,35)18-22/h13-14,19-22H,3-11,15-18H2,1-2H3,(H,27,33)/t19-,20+,22?. The number of nitriles is 1. The van der Waals surface area contributed by atoms with Crippen LogP contribution in [0, 0.1) is 23.2 Å². The van der Waals surface area contributed by atoms with Crippen LogP contribution in [0.15, 0.2) is 12.4 Å². The minimum atomic E-state index is -2.84. The average Bonchev–Trinajstić information content (AvgIpc) is 2.84. The van der Waals surface area contributed by atoms with Crippen LogP contribution >= 0.6 is 0 Å². The molecule has 2 amide bonds. The molecule has 36 heavy (non-hydrogen) atoms. The van der Waals surface area contributed by atoms with E-state index in [0.29, 0.717) is 48.6 Å². The second-order valence-electron chi connectivity index (χ2n) is 10.8. The number of hydrogen-bond acceptors (Lipinski definition) is 8. The molecule has 3 aliphatic heterocycles. The zero-order valence-electron chi connectivity index (χ0n) is 21.5. The van der Waals surface area contributed by atoms with E-state index in [-0.39, 0.29) is 24.0 Å². The van der Waals surface area contributed by atoms with E-state index in [1.54, 1.807) is 0 Å². The lowest BCUT2D eigenvalue weighted by Crippen LogP contribution is -2.61. The summed E-state index contributed by atoms with van der Waals surface area (Å²) in [6.07, 6.45) is 8.06. The topological polar surface area (TPSA) is 123 Å². The van der Waals surface area contributed by atoms with Crippen LogP contribution in [0.5, 0.6) is 0 Å². The van der Waals surface area contributed by atoms with Crippen LogP contribution in [-0.4, -0.2) is 97.1 Å². The van der Waals surface area contributed by atoms with Crippen LogP contribution in [0.25, 0.3) is 0 Å². The molecule has 3 atom stereocenters. The number of aromatic nitrogens is 2. The lowest BCUT2D eigenvalue weighted by atomic mass is 9.92. The van der Waals surface area contributed by atoms with Gasteiger partial charge in [-0.25, -0.2) is 23.2 Å². The maximum Gasteiger partial charge on any atom is 0.318 e. The lowest BCUT2D eigenvalue weighted by Gasteiger charge is -2.44. The molecule has 4 rings (SSSR count). The van der Waals surface area contributed by atoms with E-state index >= 15 is 0 Å². The molecule has 0 aliphatic carbocycles. The van der Waals surface area contributed by atoms with Crippen LogP contribution in [0.3, 0.4) is 0 Å². The molecule has 0 bridgehead atoms. The Morgan fingerprint density at radius 3 is 2.39 bits per heavy atom. The minimum absolute atomic E-state index is 0.0137. The predicted octanol–water partition coefficient (Wildman–Crippen LogP) is 1.88. The highest BCUT2D eigenvalue weighted by atomic mass is 32.2. The molecule has 0 spiro atoms. The Balaban J connectivity index is 1.17. The van der Waals surface area contributed by atoms with E-state index in [1.807, 2.05) is 24.8 Å². The first-order chi connectivity index (χ1) is 17.2. The number of likely N-dealkylation sites (tertiary alicyclic amines) is 1. The van der Waals surface area contributed by atoms with Gasteiger partial charge in [-0.15, -0.1) is 0 Å². The normalized spacial score (nSPS) is 27.4. The Bertz CT molecular complexity index is 1020. The summed E-state index contributed by atoms with van der Waals surface area (Å²) in [6.45, 7) is 8.97. The third-order valence-corrected chi connectivity index (χ3v) is 9.70. The second kappa shape index (κ2) is 11.7. The number of carbonyl (C=O) groups is 1. The number of anilines is 1. The van der Waals surface area contributed by atoms with Gasteiger partial charge in [-0.05, 0) is 70.9 Å². The molecule has 1 aromatic rings. The van der Waals surface area contributed by atoms with Gasteiger partial charge in [-0.1, -0.05) is 0 Å². The van der Waals surface area contributed by atoms with Gasteiger partial charge in [0.1, 0.15) is 6.07 Å². The highest BCUT2D eigenvalue weighted by Gasteiger charge is 2.34. The first kappa shape index (κ1) is 26.6. The number of hydrogen-bond donors (Lipinski definition) is 1. The molecule has 1 aromatic heterocycles. The van der Waals surface area contributed by atoms with Crippen molar-refractivity contribution in [3.05, 3.63) is 18.0 Å². The summed E-state index contributed by atoms with van der Waals surface area (Å²) in [7, 11) is -2.84. The molecule has 11 heteroatoms. The van der Waals surface area contributed by atoms with Gasteiger partial charge in [0.2, 0.25) is 5.95 Å². The number of carbonyl (C=O) groups excluding carboxylic acids is 1. The molecule has 0 aromatic carbocycles. The lowest BCUT2D eigenvalue weighted by molar-refractivity contribution is 0.138. The molecule has 1 unspecified atom stereocenters. The van der Waals surface area contributed by atoms with E-state index in [4.69, 9.17) is 5.26 Å². The van der Waals surface area contributed by atoms with Gasteiger partial charge < -0.3 is 20.0 Å². The van der Waals surface area contributed by atoms with E-state index in [2.05, 4.69) is 25.1 Å². The smallest absolute Gasteiger partial charge is 0.318 e. The van der Waals surface area contributed by atoms with Gasteiger partial charge >= 0.3 is 6.03 Å². The van der Waals surface area contributed by atoms with Gasteiger partial charge in [0.05, 0.1) is 29.5 Å². The number of nitrogens with one attached hydrogen (secondary N) is 1. The van der Waals surface area contributed by atoms with Crippen molar-refractivity contribution in [2.24, 2.45) is 11.8 Å². The summed E-state index contributed by atoms with van der Waals surface area (Å²) < 4.78 is 23.8. The summed E-state index contributed by atoms with van der Waals surface area (Å²) in [5, 5.41) is 12.1. The van der Waals surface area contributed by atoms with E-state index in [9.17, 15) is 13.2 Å². The summed E-state index contributed by atoms with van der Waals surface area (Å²) in [4.78, 5) is 28.0. The third kappa shape index (κ3) is 6.85. The fourth-order valence-corrected chi connectivity index (χ4v) is 7.75. The van der Waals surface area contributed by atoms with E-state index < -0.39 is 9.84 Å². The van der Waals surface area contributed by atoms with Crippen molar-refractivity contribution in [3.8, 4) is 6.07 Å². The number of amides is 2. The minimum Gasteiger partial charge on any atom is -0.338 e.